The van der Waals surface area contributed by atoms with Crippen molar-refractivity contribution in [3.8, 4) is 11.8 Å². The molecule has 0 saturated heterocycles. The SMILES string of the molecule is CC(NC(=O)c1cc(O)ccc1C(=O)O)c1ccc(C#N)cc1. The lowest BCUT2D eigenvalue weighted by Crippen LogP contribution is -2.28. The average Bonchev–Trinajstić information content (AvgIpc) is 2.54. The standard InChI is InChI=1S/C17H14N2O4/c1-10(12-4-2-11(9-18)3-5-12)19-16(21)15-8-13(20)6-7-14(15)17(22)23/h2-8,10,20H,1H3,(H,19,21)(H,22,23). The number of carboxylic acids is 1. The number of aromatic hydroxyl groups is 1. The molecule has 0 fully saturated rings. The summed E-state index contributed by atoms with van der Waals surface area (Å²) in [7, 11) is 0. The summed E-state index contributed by atoms with van der Waals surface area (Å²) in [4.78, 5) is 23.5. The Morgan fingerprint density at radius 3 is 2.35 bits per heavy atom. The molecule has 2 aromatic rings. The van der Waals surface area contributed by atoms with Gasteiger partial charge in [0.2, 0.25) is 0 Å². The van der Waals surface area contributed by atoms with Gasteiger partial charge in [-0.25, -0.2) is 4.79 Å². The molecule has 2 rings (SSSR count). The van der Waals surface area contributed by atoms with Crippen LogP contribution in [0.25, 0.3) is 0 Å². The number of carbonyl (C=O) groups excluding carboxylic acids is 1. The van der Waals surface area contributed by atoms with Crippen molar-refractivity contribution in [3.63, 3.8) is 0 Å². The van der Waals surface area contributed by atoms with E-state index < -0.39 is 11.9 Å². The van der Waals surface area contributed by atoms with E-state index in [0.29, 0.717) is 5.56 Å². The van der Waals surface area contributed by atoms with E-state index >= 15 is 0 Å². The van der Waals surface area contributed by atoms with E-state index in [4.69, 9.17) is 10.4 Å². The monoisotopic (exact) mass is 310 g/mol. The van der Waals surface area contributed by atoms with E-state index in [-0.39, 0.29) is 22.9 Å². The van der Waals surface area contributed by atoms with Crippen molar-refractivity contribution in [2.45, 2.75) is 13.0 Å². The second-order valence-electron chi connectivity index (χ2n) is 4.96. The topological polar surface area (TPSA) is 110 Å². The number of benzene rings is 2. The summed E-state index contributed by atoms with van der Waals surface area (Å²) >= 11 is 0. The Morgan fingerprint density at radius 1 is 1.13 bits per heavy atom. The zero-order valence-corrected chi connectivity index (χ0v) is 12.3. The lowest BCUT2D eigenvalue weighted by molar-refractivity contribution is 0.0690. The number of hydrogen-bond acceptors (Lipinski definition) is 4. The zero-order chi connectivity index (χ0) is 17.0. The Labute approximate surface area is 132 Å². The highest BCUT2D eigenvalue weighted by atomic mass is 16.4. The van der Waals surface area contributed by atoms with Crippen LogP contribution in [-0.4, -0.2) is 22.1 Å². The van der Waals surface area contributed by atoms with E-state index in [0.717, 1.165) is 11.6 Å². The summed E-state index contributed by atoms with van der Waals surface area (Å²) in [6, 6.07) is 11.8. The summed E-state index contributed by atoms with van der Waals surface area (Å²) in [5, 5.41) is 30.0. The molecule has 0 radical (unpaired) electrons. The fraction of sp³-hybridized carbons (Fsp3) is 0.118. The Bertz CT molecular complexity index is 791. The third-order valence-corrected chi connectivity index (χ3v) is 3.37. The quantitative estimate of drug-likeness (QED) is 0.803. The van der Waals surface area contributed by atoms with Crippen LogP contribution in [0.4, 0.5) is 0 Å². The lowest BCUT2D eigenvalue weighted by Gasteiger charge is -2.15. The van der Waals surface area contributed by atoms with E-state index in [1.807, 2.05) is 6.07 Å². The van der Waals surface area contributed by atoms with Crippen LogP contribution in [0.15, 0.2) is 42.5 Å². The van der Waals surface area contributed by atoms with Gasteiger partial charge in [-0.2, -0.15) is 5.26 Å². The fourth-order valence-corrected chi connectivity index (χ4v) is 2.11. The van der Waals surface area contributed by atoms with Crippen LogP contribution in [0.5, 0.6) is 5.75 Å². The van der Waals surface area contributed by atoms with E-state index in [2.05, 4.69) is 5.32 Å². The first-order valence-corrected chi connectivity index (χ1v) is 6.79. The van der Waals surface area contributed by atoms with E-state index in [9.17, 15) is 14.7 Å². The minimum Gasteiger partial charge on any atom is -0.508 e. The molecule has 0 heterocycles. The Hall–Kier alpha value is -3.33. The van der Waals surface area contributed by atoms with Gasteiger partial charge in [-0.1, -0.05) is 12.1 Å². The molecule has 3 N–H and O–H groups in total. The Balaban J connectivity index is 2.23. The molecule has 1 unspecified atom stereocenters. The number of carboxylic acid groups (broad SMARTS) is 1. The minimum atomic E-state index is -1.25. The van der Waals surface area contributed by atoms with Gasteiger partial charge >= 0.3 is 5.97 Å². The van der Waals surface area contributed by atoms with Crippen molar-refractivity contribution in [2.75, 3.05) is 0 Å². The van der Waals surface area contributed by atoms with Crippen molar-refractivity contribution in [3.05, 3.63) is 64.7 Å². The van der Waals surface area contributed by atoms with Crippen molar-refractivity contribution < 1.29 is 19.8 Å². The van der Waals surface area contributed by atoms with Crippen LogP contribution in [-0.2, 0) is 0 Å². The largest absolute Gasteiger partial charge is 0.508 e. The molecule has 0 spiro atoms. The summed E-state index contributed by atoms with van der Waals surface area (Å²) in [5.74, 6) is -2.04. The number of aromatic carboxylic acids is 1. The molecule has 0 aromatic heterocycles. The Morgan fingerprint density at radius 2 is 1.78 bits per heavy atom. The first-order valence-electron chi connectivity index (χ1n) is 6.79. The Kier molecular flexibility index (Phi) is 4.62. The van der Waals surface area contributed by atoms with Gasteiger partial charge in [-0.15, -0.1) is 0 Å². The first-order chi connectivity index (χ1) is 10.9. The van der Waals surface area contributed by atoms with Crippen LogP contribution in [0.1, 0.15) is 44.8 Å². The lowest BCUT2D eigenvalue weighted by atomic mass is 10.0. The molecular weight excluding hydrogens is 296 g/mol. The number of phenols is 1. The maximum atomic E-state index is 12.3. The number of nitrogens with one attached hydrogen (secondary N) is 1. The van der Waals surface area contributed by atoms with Gasteiger partial charge in [-0.05, 0) is 42.8 Å². The van der Waals surface area contributed by atoms with Crippen LogP contribution >= 0.6 is 0 Å². The van der Waals surface area contributed by atoms with Crippen LogP contribution < -0.4 is 5.32 Å². The van der Waals surface area contributed by atoms with Gasteiger partial charge in [0, 0.05) is 0 Å². The highest BCUT2D eigenvalue weighted by molar-refractivity contribution is 6.05. The minimum absolute atomic E-state index is 0.113. The number of carbonyl (C=O) groups is 2. The van der Waals surface area contributed by atoms with Gasteiger partial charge in [0.25, 0.3) is 5.91 Å². The average molecular weight is 310 g/mol. The van der Waals surface area contributed by atoms with Gasteiger partial charge < -0.3 is 15.5 Å². The maximum Gasteiger partial charge on any atom is 0.336 e. The molecular formula is C17H14N2O4. The van der Waals surface area contributed by atoms with Crippen molar-refractivity contribution >= 4 is 11.9 Å². The molecule has 116 valence electrons. The van der Waals surface area contributed by atoms with Crippen LogP contribution in [0.3, 0.4) is 0 Å². The number of rotatable bonds is 4. The van der Waals surface area contributed by atoms with Crippen molar-refractivity contribution in [2.24, 2.45) is 0 Å². The van der Waals surface area contributed by atoms with E-state index in [1.165, 1.54) is 12.1 Å². The first kappa shape index (κ1) is 16.0. The summed E-state index contributed by atoms with van der Waals surface area (Å²) in [5.41, 5.74) is 0.980. The summed E-state index contributed by atoms with van der Waals surface area (Å²) < 4.78 is 0. The highest BCUT2D eigenvalue weighted by Crippen LogP contribution is 2.19. The molecule has 2 aromatic carbocycles. The fourth-order valence-electron chi connectivity index (χ4n) is 2.11. The molecule has 0 aliphatic carbocycles. The van der Waals surface area contributed by atoms with Crippen LogP contribution in [0, 0.1) is 11.3 Å². The van der Waals surface area contributed by atoms with Crippen molar-refractivity contribution in [1.29, 1.82) is 5.26 Å². The zero-order valence-electron chi connectivity index (χ0n) is 12.3. The predicted octanol–water partition coefficient (Wildman–Crippen LogP) is 2.45. The molecule has 6 nitrogen and oxygen atoms in total. The maximum absolute atomic E-state index is 12.3. The second-order valence-corrected chi connectivity index (χ2v) is 4.96. The molecule has 1 atom stereocenters. The molecule has 1 amide bonds. The molecule has 0 saturated carbocycles. The van der Waals surface area contributed by atoms with Gasteiger partial charge in [0.15, 0.2) is 0 Å². The number of nitriles is 1. The molecule has 0 aliphatic heterocycles. The van der Waals surface area contributed by atoms with Crippen LogP contribution in [0.2, 0.25) is 0 Å². The van der Waals surface area contributed by atoms with Gasteiger partial charge in [0.1, 0.15) is 5.75 Å². The normalized spacial score (nSPS) is 11.3. The molecule has 6 heteroatoms. The highest BCUT2D eigenvalue weighted by Gasteiger charge is 2.19. The van der Waals surface area contributed by atoms with Gasteiger partial charge in [0.05, 0.1) is 28.8 Å². The predicted molar refractivity (Wildman–Crippen MR) is 82.1 cm³/mol. The second kappa shape index (κ2) is 6.62. The molecule has 0 bridgehead atoms. The summed E-state index contributed by atoms with van der Waals surface area (Å²) in [6.07, 6.45) is 0. The molecule has 23 heavy (non-hydrogen) atoms. The number of nitrogens with zero attached hydrogens (tertiary/aromatic N) is 1. The molecule has 0 aliphatic rings. The third kappa shape index (κ3) is 3.66. The van der Waals surface area contributed by atoms with Crippen molar-refractivity contribution in [1.82, 2.24) is 5.32 Å². The number of hydrogen-bond donors (Lipinski definition) is 3. The van der Waals surface area contributed by atoms with E-state index in [1.54, 1.807) is 31.2 Å². The smallest absolute Gasteiger partial charge is 0.336 e. The number of amides is 1. The number of phenolic OH excluding ortho intramolecular Hbond substituents is 1. The third-order valence-electron chi connectivity index (χ3n) is 3.37. The summed E-state index contributed by atoms with van der Waals surface area (Å²) in [6.45, 7) is 1.74. The van der Waals surface area contributed by atoms with Gasteiger partial charge in [-0.3, -0.25) is 4.79 Å².